The third kappa shape index (κ3) is 4.01. The third-order valence-electron chi connectivity index (χ3n) is 3.20. The largest absolute Gasteiger partial charge is 0.497 e. The zero-order chi connectivity index (χ0) is 15.4. The molecule has 21 heavy (non-hydrogen) atoms. The summed E-state index contributed by atoms with van der Waals surface area (Å²) in [6.07, 6.45) is 0. The van der Waals surface area contributed by atoms with Crippen molar-refractivity contribution < 1.29 is 4.74 Å². The molecule has 1 atom stereocenters. The van der Waals surface area contributed by atoms with E-state index in [9.17, 15) is 0 Å². The minimum atomic E-state index is 0.0703. The number of benzene rings is 2. The number of hydrogen-bond acceptors (Lipinski definition) is 2. The van der Waals surface area contributed by atoms with E-state index in [0.29, 0.717) is 5.02 Å². The molecule has 0 aliphatic carbocycles. The van der Waals surface area contributed by atoms with Crippen LogP contribution < -0.4 is 10.1 Å². The molecular weight excluding hydrogens is 417 g/mol. The second-order valence-corrected chi connectivity index (χ2v) is 6.67. The summed E-state index contributed by atoms with van der Waals surface area (Å²) >= 11 is 13.3. The maximum atomic E-state index is 6.23. The molecule has 2 aromatic carbocycles. The van der Waals surface area contributed by atoms with Crippen LogP contribution in [0.25, 0.3) is 0 Å². The summed E-state index contributed by atoms with van der Waals surface area (Å²) in [5.74, 6) is 0.828. The molecular formula is C16H16Br2ClNO. The molecule has 1 unspecified atom stereocenters. The van der Waals surface area contributed by atoms with Gasteiger partial charge in [0.2, 0.25) is 0 Å². The third-order valence-corrected chi connectivity index (χ3v) is 5.12. The molecule has 112 valence electrons. The van der Waals surface area contributed by atoms with E-state index in [4.69, 9.17) is 16.3 Å². The Labute approximate surface area is 147 Å². The highest BCUT2D eigenvalue weighted by Crippen LogP contribution is 2.34. The SMILES string of the molecule is CCNC(c1ccc(Br)c(Cl)c1)c1ccc(OC)cc1Br. The molecule has 0 amide bonds. The van der Waals surface area contributed by atoms with Crippen LogP contribution in [0.2, 0.25) is 5.02 Å². The standard InChI is InChI=1S/C16H16Br2ClNO/c1-3-20-16(10-4-7-13(17)15(19)8-10)12-6-5-11(21-2)9-14(12)18/h4-9,16,20H,3H2,1-2H3. The van der Waals surface area contributed by atoms with Crippen LogP contribution in [-0.4, -0.2) is 13.7 Å². The van der Waals surface area contributed by atoms with Crippen molar-refractivity contribution in [2.45, 2.75) is 13.0 Å². The molecule has 0 saturated heterocycles. The first kappa shape index (κ1) is 16.8. The average Bonchev–Trinajstić information content (AvgIpc) is 2.48. The van der Waals surface area contributed by atoms with Crippen molar-refractivity contribution >= 4 is 43.5 Å². The summed E-state index contributed by atoms with van der Waals surface area (Å²) < 4.78 is 7.16. The van der Waals surface area contributed by atoms with Crippen molar-refractivity contribution in [3.63, 3.8) is 0 Å². The molecule has 0 spiro atoms. The van der Waals surface area contributed by atoms with Gasteiger partial charge in [-0.05, 0) is 57.9 Å². The quantitative estimate of drug-likeness (QED) is 0.665. The normalized spacial score (nSPS) is 12.2. The van der Waals surface area contributed by atoms with Gasteiger partial charge in [0.25, 0.3) is 0 Å². The topological polar surface area (TPSA) is 21.3 Å². The van der Waals surface area contributed by atoms with Crippen LogP contribution in [0.5, 0.6) is 5.75 Å². The van der Waals surface area contributed by atoms with Gasteiger partial charge in [-0.2, -0.15) is 0 Å². The molecule has 0 bridgehead atoms. The van der Waals surface area contributed by atoms with Gasteiger partial charge < -0.3 is 10.1 Å². The van der Waals surface area contributed by atoms with Crippen LogP contribution in [0, 0.1) is 0 Å². The fourth-order valence-corrected chi connectivity index (χ4v) is 3.19. The number of halogens is 3. The summed E-state index contributed by atoms with van der Waals surface area (Å²) in [6.45, 7) is 2.95. The van der Waals surface area contributed by atoms with E-state index in [1.54, 1.807) is 7.11 Å². The molecule has 0 heterocycles. The predicted molar refractivity (Wildman–Crippen MR) is 95.4 cm³/mol. The monoisotopic (exact) mass is 431 g/mol. The maximum Gasteiger partial charge on any atom is 0.120 e. The van der Waals surface area contributed by atoms with Crippen molar-refractivity contribution in [2.75, 3.05) is 13.7 Å². The van der Waals surface area contributed by atoms with E-state index < -0.39 is 0 Å². The highest BCUT2D eigenvalue weighted by molar-refractivity contribution is 9.10. The second kappa shape index (κ2) is 7.63. The van der Waals surface area contributed by atoms with Crippen LogP contribution >= 0.6 is 43.5 Å². The van der Waals surface area contributed by atoms with E-state index in [1.807, 2.05) is 24.3 Å². The molecule has 5 heteroatoms. The van der Waals surface area contributed by atoms with Gasteiger partial charge in [0.05, 0.1) is 18.2 Å². The molecule has 0 fully saturated rings. The van der Waals surface area contributed by atoms with E-state index in [0.717, 1.165) is 32.4 Å². The molecule has 2 rings (SSSR count). The Kier molecular flexibility index (Phi) is 6.11. The smallest absolute Gasteiger partial charge is 0.120 e. The molecule has 2 nitrogen and oxygen atoms in total. The lowest BCUT2D eigenvalue weighted by Gasteiger charge is -2.21. The summed E-state index contributed by atoms with van der Waals surface area (Å²) in [6, 6.07) is 12.1. The van der Waals surface area contributed by atoms with E-state index in [2.05, 4.69) is 56.2 Å². The van der Waals surface area contributed by atoms with E-state index in [-0.39, 0.29) is 6.04 Å². The van der Waals surface area contributed by atoms with Gasteiger partial charge in [0.1, 0.15) is 5.75 Å². The van der Waals surface area contributed by atoms with Crippen LogP contribution in [-0.2, 0) is 0 Å². The zero-order valence-corrected chi connectivity index (χ0v) is 15.7. The van der Waals surface area contributed by atoms with Crippen LogP contribution in [0.15, 0.2) is 45.3 Å². The van der Waals surface area contributed by atoms with E-state index in [1.165, 1.54) is 0 Å². The summed E-state index contributed by atoms with van der Waals surface area (Å²) in [5, 5.41) is 4.20. The van der Waals surface area contributed by atoms with Crippen LogP contribution in [0.3, 0.4) is 0 Å². The highest BCUT2D eigenvalue weighted by Gasteiger charge is 2.17. The van der Waals surface area contributed by atoms with Gasteiger partial charge in [0, 0.05) is 8.95 Å². The molecule has 0 radical (unpaired) electrons. The maximum absolute atomic E-state index is 6.23. The van der Waals surface area contributed by atoms with Crippen molar-refractivity contribution in [1.29, 1.82) is 0 Å². The Bertz CT molecular complexity index is 634. The second-order valence-electron chi connectivity index (χ2n) is 4.55. The number of rotatable bonds is 5. The van der Waals surface area contributed by atoms with Gasteiger partial charge in [-0.15, -0.1) is 0 Å². The van der Waals surface area contributed by atoms with Gasteiger partial charge in [-0.1, -0.05) is 46.6 Å². The van der Waals surface area contributed by atoms with Gasteiger partial charge in [-0.25, -0.2) is 0 Å². The predicted octanol–water partition coefficient (Wildman–Crippen LogP) is 5.57. The fraction of sp³-hybridized carbons (Fsp3) is 0.250. The molecule has 1 N–H and O–H groups in total. The Morgan fingerprint density at radius 2 is 1.90 bits per heavy atom. The molecule has 0 aromatic heterocycles. The first-order chi connectivity index (χ1) is 10.1. The van der Waals surface area contributed by atoms with Crippen molar-refractivity contribution in [1.82, 2.24) is 5.32 Å². The molecule has 0 saturated carbocycles. The Morgan fingerprint density at radius 3 is 2.48 bits per heavy atom. The summed E-state index contributed by atoms with van der Waals surface area (Å²) in [7, 11) is 1.66. The number of hydrogen-bond donors (Lipinski definition) is 1. The lowest BCUT2D eigenvalue weighted by Crippen LogP contribution is -2.22. The van der Waals surface area contributed by atoms with Crippen molar-refractivity contribution in [3.05, 3.63) is 61.5 Å². The fourth-order valence-electron chi connectivity index (χ4n) is 2.17. The minimum Gasteiger partial charge on any atom is -0.497 e. The van der Waals surface area contributed by atoms with Crippen LogP contribution in [0.1, 0.15) is 24.1 Å². The highest BCUT2D eigenvalue weighted by atomic mass is 79.9. The van der Waals surface area contributed by atoms with Gasteiger partial charge >= 0.3 is 0 Å². The average molecular weight is 434 g/mol. The number of nitrogens with one attached hydrogen (secondary N) is 1. The Balaban J connectivity index is 2.45. The number of ether oxygens (including phenoxy) is 1. The van der Waals surface area contributed by atoms with Gasteiger partial charge in [-0.3, -0.25) is 0 Å². The first-order valence-corrected chi connectivity index (χ1v) is 8.55. The Morgan fingerprint density at radius 1 is 1.14 bits per heavy atom. The molecule has 0 aliphatic heterocycles. The number of methoxy groups -OCH3 is 1. The van der Waals surface area contributed by atoms with Crippen molar-refractivity contribution in [2.24, 2.45) is 0 Å². The van der Waals surface area contributed by atoms with E-state index >= 15 is 0 Å². The van der Waals surface area contributed by atoms with Crippen molar-refractivity contribution in [3.8, 4) is 5.75 Å². The Hall–Kier alpha value is -0.550. The lowest BCUT2D eigenvalue weighted by atomic mass is 9.98. The van der Waals surface area contributed by atoms with Crippen LogP contribution in [0.4, 0.5) is 0 Å². The molecule has 0 aliphatic rings. The zero-order valence-electron chi connectivity index (χ0n) is 11.8. The first-order valence-electron chi connectivity index (χ1n) is 6.58. The summed E-state index contributed by atoms with van der Waals surface area (Å²) in [5.41, 5.74) is 2.27. The molecule has 2 aromatic rings. The minimum absolute atomic E-state index is 0.0703. The van der Waals surface area contributed by atoms with Gasteiger partial charge in [0.15, 0.2) is 0 Å². The summed E-state index contributed by atoms with van der Waals surface area (Å²) in [4.78, 5) is 0. The lowest BCUT2D eigenvalue weighted by molar-refractivity contribution is 0.414.